The van der Waals surface area contributed by atoms with Gasteiger partial charge in [-0.15, -0.1) is 0 Å². The average molecular weight is 196 g/mol. The highest BCUT2D eigenvalue weighted by Gasteiger charge is 2.54. The van der Waals surface area contributed by atoms with Crippen LogP contribution < -0.4 is 0 Å². The summed E-state index contributed by atoms with van der Waals surface area (Å²) in [7, 11) is 0. The number of ether oxygens (including phenoxy) is 1. The average Bonchev–Trinajstić information content (AvgIpc) is 2.50. The zero-order valence-corrected chi connectivity index (χ0v) is 8.45. The van der Waals surface area contributed by atoms with E-state index in [9.17, 15) is 9.90 Å². The van der Waals surface area contributed by atoms with E-state index in [4.69, 9.17) is 4.74 Å². The smallest absolute Gasteiger partial charge is 0.204 e. The summed E-state index contributed by atoms with van der Waals surface area (Å²) in [6.07, 6.45) is 7.22. The molecule has 2 rings (SSSR count). The number of rotatable bonds is 1. The van der Waals surface area contributed by atoms with Crippen LogP contribution in [0, 0.1) is 0 Å². The molecule has 0 aromatic carbocycles. The van der Waals surface area contributed by atoms with Gasteiger partial charge in [0.2, 0.25) is 5.78 Å². The molecule has 1 aliphatic heterocycles. The largest absolute Gasteiger partial charge is 0.484 e. The molecule has 1 unspecified atom stereocenters. The molecule has 1 atom stereocenters. The third-order valence-corrected chi connectivity index (χ3v) is 3.56. The predicted octanol–water partition coefficient (Wildman–Crippen LogP) is 1.55. The van der Waals surface area contributed by atoms with Gasteiger partial charge in [0.05, 0.1) is 6.26 Å². The van der Waals surface area contributed by atoms with Crippen molar-refractivity contribution in [1.29, 1.82) is 0 Å². The summed E-state index contributed by atoms with van der Waals surface area (Å²) in [5, 5.41) is 10.4. The predicted molar refractivity (Wildman–Crippen MR) is 51.7 cm³/mol. The van der Waals surface area contributed by atoms with Gasteiger partial charge in [-0.3, -0.25) is 4.79 Å². The van der Waals surface area contributed by atoms with Crippen molar-refractivity contribution in [1.82, 2.24) is 0 Å². The van der Waals surface area contributed by atoms with E-state index in [0.29, 0.717) is 12.8 Å². The summed E-state index contributed by atoms with van der Waals surface area (Å²) >= 11 is 0. The Morgan fingerprint density at radius 1 is 1.36 bits per heavy atom. The van der Waals surface area contributed by atoms with Crippen LogP contribution in [-0.4, -0.2) is 22.1 Å². The standard InChI is InChI=1S/C11H16O3/c1-10(9(12)5-8-14-10)11(13)6-3-2-4-7-11/h5,8,13H,2-4,6-7H2,1H3. The lowest BCUT2D eigenvalue weighted by Crippen LogP contribution is -2.57. The van der Waals surface area contributed by atoms with Gasteiger partial charge in [0.1, 0.15) is 5.60 Å². The van der Waals surface area contributed by atoms with Gasteiger partial charge in [0.15, 0.2) is 5.60 Å². The van der Waals surface area contributed by atoms with Crippen molar-refractivity contribution in [2.45, 2.75) is 50.2 Å². The number of hydrogen-bond donors (Lipinski definition) is 1. The maximum absolute atomic E-state index is 11.6. The van der Waals surface area contributed by atoms with Gasteiger partial charge in [-0.05, 0) is 19.8 Å². The molecule has 3 heteroatoms. The summed E-state index contributed by atoms with van der Waals surface area (Å²) in [5.41, 5.74) is -2.00. The van der Waals surface area contributed by atoms with E-state index in [1.54, 1.807) is 6.92 Å². The lowest BCUT2D eigenvalue weighted by atomic mass is 9.72. The van der Waals surface area contributed by atoms with Crippen LogP contribution in [0.15, 0.2) is 12.3 Å². The van der Waals surface area contributed by atoms with Crippen LogP contribution in [0.4, 0.5) is 0 Å². The molecular formula is C11H16O3. The highest BCUT2D eigenvalue weighted by Crippen LogP contribution is 2.41. The quantitative estimate of drug-likeness (QED) is 0.692. The van der Waals surface area contributed by atoms with Crippen molar-refractivity contribution in [3.63, 3.8) is 0 Å². The lowest BCUT2D eigenvalue weighted by Gasteiger charge is -2.42. The molecule has 0 spiro atoms. The van der Waals surface area contributed by atoms with Crippen molar-refractivity contribution < 1.29 is 14.6 Å². The summed E-state index contributed by atoms with van der Waals surface area (Å²) in [4.78, 5) is 11.6. The summed E-state index contributed by atoms with van der Waals surface area (Å²) in [6.45, 7) is 1.70. The Bertz CT molecular complexity index is 276. The third-order valence-electron chi connectivity index (χ3n) is 3.56. The Morgan fingerprint density at radius 3 is 2.50 bits per heavy atom. The fraction of sp³-hybridized carbons (Fsp3) is 0.727. The highest BCUT2D eigenvalue weighted by atomic mass is 16.5. The van der Waals surface area contributed by atoms with Crippen LogP contribution in [0.5, 0.6) is 0 Å². The SMILES string of the molecule is CC1(C2(O)CCCCC2)OC=CC1=O. The molecule has 1 N–H and O–H groups in total. The van der Waals surface area contributed by atoms with Gasteiger partial charge >= 0.3 is 0 Å². The van der Waals surface area contributed by atoms with Gasteiger partial charge < -0.3 is 9.84 Å². The summed E-state index contributed by atoms with van der Waals surface area (Å²) in [6, 6.07) is 0. The van der Waals surface area contributed by atoms with Gasteiger partial charge in [-0.1, -0.05) is 19.3 Å². The van der Waals surface area contributed by atoms with Crippen molar-refractivity contribution >= 4 is 5.78 Å². The molecule has 0 radical (unpaired) electrons. The maximum Gasteiger partial charge on any atom is 0.204 e. The molecular weight excluding hydrogens is 180 g/mol. The third kappa shape index (κ3) is 1.19. The van der Waals surface area contributed by atoms with E-state index in [2.05, 4.69) is 0 Å². The number of ketones is 1. The molecule has 1 saturated carbocycles. The first-order valence-corrected chi connectivity index (χ1v) is 5.20. The van der Waals surface area contributed by atoms with Crippen molar-refractivity contribution in [2.24, 2.45) is 0 Å². The molecule has 0 bridgehead atoms. The molecule has 14 heavy (non-hydrogen) atoms. The second-order valence-corrected chi connectivity index (χ2v) is 4.41. The molecule has 2 aliphatic rings. The monoisotopic (exact) mass is 196 g/mol. The van der Waals surface area contributed by atoms with Gasteiger partial charge in [0.25, 0.3) is 0 Å². The highest BCUT2D eigenvalue weighted by molar-refractivity contribution is 5.99. The molecule has 1 heterocycles. The zero-order chi connectivity index (χ0) is 10.2. The Balaban J connectivity index is 2.23. The van der Waals surface area contributed by atoms with Crippen LogP contribution in [-0.2, 0) is 9.53 Å². The van der Waals surface area contributed by atoms with Crippen molar-refractivity contribution in [3.05, 3.63) is 12.3 Å². The van der Waals surface area contributed by atoms with E-state index in [-0.39, 0.29) is 5.78 Å². The molecule has 0 aromatic heterocycles. The van der Waals surface area contributed by atoms with Gasteiger partial charge in [0, 0.05) is 6.08 Å². The Hall–Kier alpha value is -0.830. The van der Waals surface area contributed by atoms with Crippen LogP contribution in [0.25, 0.3) is 0 Å². The zero-order valence-electron chi connectivity index (χ0n) is 8.45. The molecule has 0 saturated heterocycles. The Kier molecular flexibility index (Phi) is 2.14. The van der Waals surface area contributed by atoms with E-state index >= 15 is 0 Å². The second-order valence-electron chi connectivity index (χ2n) is 4.41. The van der Waals surface area contributed by atoms with E-state index in [0.717, 1.165) is 19.3 Å². The van der Waals surface area contributed by atoms with Crippen molar-refractivity contribution in [3.8, 4) is 0 Å². The minimum absolute atomic E-state index is 0.109. The van der Waals surface area contributed by atoms with Crippen molar-refractivity contribution in [2.75, 3.05) is 0 Å². The molecule has 1 aliphatic carbocycles. The normalized spacial score (nSPS) is 35.7. The minimum Gasteiger partial charge on any atom is -0.484 e. The topological polar surface area (TPSA) is 46.5 Å². The molecule has 3 nitrogen and oxygen atoms in total. The lowest BCUT2D eigenvalue weighted by molar-refractivity contribution is -0.168. The van der Waals surface area contributed by atoms with Crippen LogP contribution >= 0.6 is 0 Å². The fourth-order valence-corrected chi connectivity index (χ4v) is 2.40. The van der Waals surface area contributed by atoms with Crippen LogP contribution in [0.1, 0.15) is 39.0 Å². The fourth-order valence-electron chi connectivity index (χ4n) is 2.40. The van der Waals surface area contributed by atoms with Gasteiger partial charge in [-0.25, -0.2) is 0 Å². The number of carbonyl (C=O) groups is 1. The van der Waals surface area contributed by atoms with E-state index in [1.165, 1.54) is 12.3 Å². The number of aliphatic hydroxyl groups is 1. The molecule has 0 aromatic rings. The second kappa shape index (κ2) is 3.09. The van der Waals surface area contributed by atoms with E-state index < -0.39 is 11.2 Å². The minimum atomic E-state index is -1.03. The first kappa shape index (κ1) is 9.71. The summed E-state index contributed by atoms with van der Waals surface area (Å²) < 4.78 is 5.32. The summed E-state index contributed by atoms with van der Waals surface area (Å²) in [5.74, 6) is -0.109. The first-order valence-electron chi connectivity index (χ1n) is 5.20. The Labute approximate surface area is 83.8 Å². The number of carbonyl (C=O) groups excluding carboxylic acids is 1. The van der Waals surface area contributed by atoms with Crippen LogP contribution in [0.2, 0.25) is 0 Å². The maximum atomic E-state index is 11.6. The van der Waals surface area contributed by atoms with E-state index in [1.807, 2.05) is 0 Å². The first-order chi connectivity index (χ1) is 6.58. The molecule has 1 fully saturated rings. The van der Waals surface area contributed by atoms with Gasteiger partial charge in [-0.2, -0.15) is 0 Å². The van der Waals surface area contributed by atoms with Crippen LogP contribution in [0.3, 0.4) is 0 Å². The Morgan fingerprint density at radius 2 is 2.00 bits per heavy atom. The number of hydrogen-bond acceptors (Lipinski definition) is 3. The molecule has 0 amide bonds. The molecule has 78 valence electrons.